The van der Waals surface area contributed by atoms with Crippen LogP contribution in [0, 0.1) is 0 Å². The van der Waals surface area contributed by atoms with Gasteiger partial charge in [0.1, 0.15) is 0 Å². The molecule has 0 amide bonds. The highest BCUT2D eigenvalue weighted by Gasteiger charge is 2.45. The Morgan fingerprint density at radius 2 is 0.889 bits per heavy atom. The molecule has 0 N–H and O–H groups in total. The van der Waals surface area contributed by atoms with Gasteiger partial charge in [-0.1, -0.05) is 151 Å². The molecule has 0 nitrogen and oxygen atoms in total. The Hall–Kier alpha value is -4.36. The highest BCUT2D eigenvalue weighted by atomic mass is 14.3. The summed E-state index contributed by atoms with van der Waals surface area (Å²) in [4.78, 5) is 0. The maximum atomic E-state index is 2.45. The molecular weight excluding hydrogens is 431 g/mol. The fourth-order valence-corrected chi connectivity index (χ4v) is 6.34. The van der Waals surface area contributed by atoms with Gasteiger partial charge in [-0.15, -0.1) is 5.98 Å². The molecule has 0 unspecified atom stereocenters. The molecule has 1 aliphatic rings. The van der Waals surface area contributed by atoms with Crippen molar-refractivity contribution in [3.8, 4) is 0 Å². The molecule has 6 aromatic rings. The third-order valence-corrected chi connectivity index (χ3v) is 7.89. The van der Waals surface area contributed by atoms with Gasteiger partial charge in [0.25, 0.3) is 0 Å². The highest BCUT2D eigenvalue weighted by molar-refractivity contribution is 6.84. The Balaban J connectivity index is 1.64. The van der Waals surface area contributed by atoms with E-state index in [0.29, 0.717) is 0 Å². The van der Waals surface area contributed by atoms with Crippen LogP contribution in [0.2, 0.25) is 0 Å². The van der Waals surface area contributed by atoms with Crippen molar-refractivity contribution in [3.05, 3.63) is 163 Å². The second-order valence-corrected chi connectivity index (χ2v) is 9.71. The normalized spacial score (nSPS) is 14.6. The zero-order valence-corrected chi connectivity index (χ0v) is 20.0. The first kappa shape index (κ1) is 21.0. The van der Waals surface area contributed by atoms with Gasteiger partial charge in [0.2, 0.25) is 6.71 Å². The summed E-state index contributed by atoms with van der Waals surface area (Å²) in [7, 11) is 0. The maximum Gasteiger partial charge on any atom is 0.222 e. The molecule has 0 fully saturated rings. The van der Waals surface area contributed by atoms with Crippen LogP contribution in [-0.2, 0) is 5.31 Å². The summed E-state index contributed by atoms with van der Waals surface area (Å²) in [6, 6.07) is 46.7. The second-order valence-electron chi connectivity index (χ2n) is 9.71. The predicted molar refractivity (Wildman–Crippen MR) is 156 cm³/mol. The third-order valence-electron chi connectivity index (χ3n) is 7.89. The molecule has 1 heteroatoms. The molecule has 1 heterocycles. The summed E-state index contributed by atoms with van der Waals surface area (Å²) in [6.45, 7) is 0.130. The monoisotopic (exact) mass is 456 g/mol. The average molecular weight is 456 g/mol. The Kier molecular flexibility index (Phi) is 4.89. The molecule has 0 radical (unpaired) electrons. The van der Waals surface area contributed by atoms with Crippen molar-refractivity contribution in [1.29, 1.82) is 0 Å². The van der Waals surface area contributed by atoms with Crippen molar-refractivity contribution in [3.63, 3.8) is 0 Å². The Morgan fingerprint density at radius 1 is 0.417 bits per heavy atom. The Labute approximate surface area is 212 Å². The molecule has 0 aliphatic carbocycles. The SMILES string of the molecule is C1=CB(c2cccc3ccccc23)C(c2cccc3ccccc23)(c2cccc3ccccc23)C=C1. The van der Waals surface area contributed by atoms with Gasteiger partial charge in [-0.25, -0.2) is 0 Å². The zero-order chi connectivity index (χ0) is 24.0. The van der Waals surface area contributed by atoms with Crippen LogP contribution in [0.1, 0.15) is 11.1 Å². The minimum Gasteiger partial charge on any atom is -0.109 e. The van der Waals surface area contributed by atoms with E-state index in [0.717, 1.165) is 0 Å². The number of rotatable bonds is 3. The highest BCUT2D eigenvalue weighted by Crippen LogP contribution is 2.44. The predicted octanol–water partition coefficient (Wildman–Crippen LogP) is 8.04. The van der Waals surface area contributed by atoms with E-state index in [1.54, 1.807) is 0 Å². The van der Waals surface area contributed by atoms with E-state index in [4.69, 9.17) is 0 Å². The van der Waals surface area contributed by atoms with E-state index in [-0.39, 0.29) is 12.0 Å². The lowest BCUT2D eigenvalue weighted by atomic mass is 9.25. The molecule has 0 saturated carbocycles. The molecule has 6 aromatic carbocycles. The first-order valence-corrected chi connectivity index (χ1v) is 12.7. The first-order valence-electron chi connectivity index (χ1n) is 12.7. The molecule has 0 bridgehead atoms. The number of hydrogen-bond donors (Lipinski definition) is 0. The van der Waals surface area contributed by atoms with E-state index in [2.05, 4.69) is 152 Å². The van der Waals surface area contributed by atoms with Crippen LogP contribution in [0.3, 0.4) is 0 Å². The zero-order valence-electron chi connectivity index (χ0n) is 20.0. The molecule has 168 valence electrons. The minimum absolute atomic E-state index is 0.130. The van der Waals surface area contributed by atoms with Crippen LogP contribution in [0.4, 0.5) is 0 Å². The van der Waals surface area contributed by atoms with Crippen molar-refractivity contribution < 1.29 is 0 Å². The number of fused-ring (bicyclic) bond motifs is 3. The van der Waals surface area contributed by atoms with E-state index in [1.807, 2.05) is 0 Å². The lowest BCUT2D eigenvalue weighted by Crippen LogP contribution is -2.51. The van der Waals surface area contributed by atoms with Crippen molar-refractivity contribution in [2.45, 2.75) is 5.31 Å². The summed E-state index contributed by atoms with van der Waals surface area (Å²) in [5.74, 6) is 2.41. The van der Waals surface area contributed by atoms with Crippen LogP contribution in [0.5, 0.6) is 0 Å². The fraction of sp³-hybridized carbons (Fsp3) is 0.0286. The number of benzene rings is 6. The number of hydrogen-bond acceptors (Lipinski definition) is 0. The van der Waals surface area contributed by atoms with Gasteiger partial charge >= 0.3 is 0 Å². The first-order chi connectivity index (χ1) is 17.9. The van der Waals surface area contributed by atoms with Crippen LogP contribution in [0.25, 0.3) is 32.3 Å². The summed E-state index contributed by atoms with van der Waals surface area (Å²) in [5, 5.41) is 7.37. The smallest absolute Gasteiger partial charge is 0.109 e. The molecule has 0 atom stereocenters. The molecule has 36 heavy (non-hydrogen) atoms. The van der Waals surface area contributed by atoms with Crippen LogP contribution in [-0.4, -0.2) is 6.71 Å². The Bertz CT molecular complexity index is 1710. The van der Waals surface area contributed by atoms with Crippen LogP contribution >= 0.6 is 0 Å². The molecule has 0 aromatic heterocycles. The van der Waals surface area contributed by atoms with Gasteiger partial charge in [-0.05, 0) is 43.4 Å². The summed E-state index contributed by atoms with van der Waals surface area (Å²) in [5.41, 5.74) is 4.04. The summed E-state index contributed by atoms with van der Waals surface area (Å²) < 4.78 is 0. The van der Waals surface area contributed by atoms with E-state index in [1.165, 1.54) is 48.9 Å². The van der Waals surface area contributed by atoms with Gasteiger partial charge in [-0.3, -0.25) is 0 Å². The van der Waals surface area contributed by atoms with Gasteiger partial charge in [0, 0.05) is 5.31 Å². The van der Waals surface area contributed by atoms with Gasteiger partial charge in [-0.2, -0.15) is 0 Å². The minimum atomic E-state index is -0.374. The standard InChI is InChI=1S/C35H25B/c1-4-18-29-26(12-1)15-9-21-32(29)35(33-22-10-16-27-13-2-5-19-30(27)33)24-7-8-25-36(35)34-23-11-17-28-14-3-6-20-31(28)34/h1-25H. The van der Waals surface area contributed by atoms with E-state index < -0.39 is 0 Å². The van der Waals surface area contributed by atoms with Gasteiger partial charge in [0.05, 0.1) is 0 Å². The van der Waals surface area contributed by atoms with Crippen molar-refractivity contribution in [2.24, 2.45) is 0 Å². The molecule has 0 saturated heterocycles. The summed E-state index contributed by atoms with van der Waals surface area (Å²) in [6.07, 6.45) is 6.91. The molecule has 7 rings (SSSR count). The fourth-order valence-electron chi connectivity index (χ4n) is 6.34. The van der Waals surface area contributed by atoms with Gasteiger partial charge in [0.15, 0.2) is 0 Å². The quantitative estimate of drug-likeness (QED) is 0.237. The lowest BCUT2D eigenvalue weighted by Gasteiger charge is -2.40. The van der Waals surface area contributed by atoms with Crippen molar-refractivity contribution in [2.75, 3.05) is 0 Å². The van der Waals surface area contributed by atoms with Crippen LogP contribution < -0.4 is 5.46 Å². The van der Waals surface area contributed by atoms with Crippen molar-refractivity contribution >= 4 is 44.5 Å². The topological polar surface area (TPSA) is 0 Å². The third kappa shape index (κ3) is 3.10. The average Bonchev–Trinajstić information content (AvgIpc) is 2.96. The van der Waals surface area contributed by atoms with E-state index in [9.17, 15) is 0 Å². The van der Waals surface area contributed by atoms with Crippen molar-refractivity contribution in [1.82, 2.24) is 0 Å². The lowest BCUT2D eigenvalue weighted by molar-refractivity contribution is 0.918. The van der Waals surface area contributed by atoms with Gasteiger partial charge < -0.3 is 0 Å². The second kappa shape index (κ2) is 8.39. The Morgan fingerprint density at radius 3 is 1.50 bits per heavy atom. The van der Waals surface area contributed by atoms with E-state index >= 15 is 0 Å². The molecular formula is C35H25B. The number of allylic oxidation sites excluding steroid dienone is 3. The molecule has 1 aliphatic heterocycles. The van der Waals surface area contributed by atoms with Crippen LogP contribution in [0.15, 0.2) is 152 Å². The molecule has 0 spiro atoms. The largest absolute Gasteiger partial charge is 0.222 e. The maximum absolute atomic E-state index is 2.45. The summed E-state index contributed by atoms with van der Waals surface area (Å²) >= 11 is 0.